The van der Waals surface area contributed by atoms with Crippen molar-refractivity contribution in [3.8, 4) is 11.6 Å². The second-order valence-corrected chi connectivity index (χ2v) is 6.11. The molecule has 0 spiro atoms. The van der Waals surface area contributed by atoms with Gasteiger partial charge < -0.3 is 9.64 Å². The summed E-state index contributed by atoms with van der Waals surface area (Å²) in [6.07, 6.45) is 7.96. The molecule has 0 amide bonds. The Bertz CT molecular complexity index is 612. The third-order valence-electron chi connectivity index (χ3n) is 4.15. The van der Waals surface area contributed by atoms with Gasteiger partial charge in [0.05, 0.1) is 0 Å². The number of anilines is 1. The molecule has 116 valence electrons. The van der Waals surface area contributed by atoms with Crippen molar-refractivity contribution in [3.05, 3.63) is 41.7 Å². The summed E-state index contributed by atoms with van der Waals surface area (Å²) in [5.41, 5.74) is 0. The van der Waals surface area contributed by atoms with Gasteiger partial charge in [-0.1, -0.05) is 30.9 Å². The lowest BCUT2D eigenvalue weighted by Crippen LogP contribution is -2.33. The fourth-order valence-corrected chi connectivity index (χ4v) is 2.98. The average molecular weight is 318 g/mol. The Kier molecular flexibility index (Phi) is 4.78. The van der Waals surface area contributed by atoms with Gasteiger partial charge in [-0.3, -0.25) is 0 Å². The molecule has 0 N–H and O–H groups in total. The number of benzene rings is 1. The molecule has 3 rings (SSSR count). The van der Waals surface area contributed by atoms with Gasteiger partial charge in [0, 0.05) is 24.2 Å². The van der Waals surface area contributed by atoms with Crippen LogP contribution in [0.2, 0.25) is 5.02 Å². The second kappa shape index (κ2) is 6.97. The SMILES string of the molecule is CN(c1cc(Oc2ccc(Cl)cc2)ncn1)C1CCCCC1. The van der Waals surface area contributed by atoms with Crippen LogP contribution in [0.5, 0.6) is 11.6 Å². The van der Waals surface area contributed by atoms with Gasteiger partial charge in [0.1, 0.15) is 17.9 Å². The van der Waals surface area contributed by atoms with Gasteiger partial charge >= 0.3 is 0 Å². The third-order valence-corrected chi connectivity index (χ3v) is 4.40. The number of ether oxygens (including phenoxy) is 1. The van der Waals surface area contributed by atoms with Crippen LogP contribution in [0.4, 0.5) is 5.82 Å². The zero-order valence-electron chi connectivity index (χ0n) is 12.7. The minimum atomic E-state index is 0.551. The van der Waals surface area contributed by atoms with Crippen LogP contribution in [0.25, 0.3) is 0 Å². The number of hydrogen-bond acceptors (Lipinski definition) is 4. The smallest absolute Gasteiger partial charge is 0.224 e. The summed E-state index contributed by atoms with van der Waals surface area (Å²) in [6.45, 7) is 0. The van der Waals surface area contributed by atoms with Crippen molar-refractivity contribution >= 4 is 17.4 Å². The highest BCUT2D eigenvalue weighted by atomic mass is 35.5. The normalized spacial score (nSPS) is 15.5. The van der Waals surface area contributed by atoms with Crippen molar-refractivity contribution in [1.29, 1.82) is 0 Å². The molecule has 0 saturated heterocycles. The minimum absolute atomic E-state index is 0.551. The molecule has 0 bridgehead atoms. The van der Waals surface area contributed by atoms with E-state index >= 15 is 0 Å². The highest BCUT2D eigenvalue weighted by molar-refractivity contribution is 6.30. The van der Waals surface area contributed by atoms with E-state index in [4.69, 9.17) is 16.3 Å². The average Bonchev–Trinajstić information content (AvgIpc) is 2.57. The Morgan fingerprint density at radius 2 is 1.82 bits per heavy atom. The summed E-state index contributed by atoms with van der Waals surface area (Å²) >= 11 is 5.88. The van der Waals surface area contributed by atoms with E-state index in [0.29, 0.717) is 16.9 Å². The maximum absolute atomic E-state index is 5.88. The molecule has 1 aliphatic carbocycles. The Morgan fingerprint density at radius 3 is 2.55 bits per heavy atom. The molecule has 0 unspecified atom stereocenters. The molecule has 1 heterocycles. The molecule has 0 radical (unpaired) electrons. The Hall–Kier alpha value is -1.81. The van der Waals surface area contributed by atoms with E-state index in [9.17, 15) is 0 Å². The molecular formula is C17H20ClN3O. The second-order valence-electron chi connectivity index (χ2n) is 5.67. The minimum Gasteiger partial charge on any atom is -0.439 e. The van der Waals surface area contributed by atoms with Crippen molar-refractivity contribution < 1.29 is 4.74 Å². The lowest BCUT2D eigenvalue weighted by molar-refractivity contribution is 0.424. The lowest BCUT2D eigenvalue weighted by Gasteiger charge is -2.32. The lowest BCUT2D eigenvalue weighted by atomic mass is 9.94. The molecule has 1 aromatic carbocycles. The van der Waals surface area contributed by atoms with Crippen LogP contribution in [0, 0.1) is 0 Å². The zero-order chi connectivity index (χ0) is 15.4. The fraction of sp³-hybridized carbons (Fsp3) is 0.412. The first-order valence-electron chi connectivity index (χ1n) is 7.71. The molecule has 0 atom stereocenters. The van der Waals surface area contributed by atoms with Gasteiger partial charge in [-0.25, -0.2) is 9.97 Å². The van der Waals surface area contributed by atoms with E-state index in [2.05, 4.69) is 21.9 Å². The van der Waals surface area contributed by atoms with E-state index in [0.717, 1.165) is 11.6 Å². The van der Waals surface area contributed by atoms with Gasteiger partial charge in [0.15, 0.2) is 0 Å². The molecule has 22 heavy (non-hydrogen) atoms. The van der Waals surface area contributed by atoms with Gasteiger partial charge in [-0.05, 0) is 37.1 Å². The van der Waals surface area contributed by atoms with E-state index in [-0.39, 0.29) is 0 Å². The summed E-state index contributed by atoms with van der Waals surface area (Å²) in [7, 11) is 2.10. The maximum atomic E-state index is 5.88. The number of rotatable bonds is 4. The van der Waals surface area contributed by atoms with Crippen LogP contribution >= 0.6 is 11.6 Å². The van der Waals surface area contributed by atoms with Crippen molar-refractivity contribution in [2.75, 3.05) is 11.9 Å². The van der Waals surface area contributed by atoms with Gasteiger partial charge in [0.2, 0.25) is 5.88 Å². The van der Waals surface area contributed by atoms with Crippen LogP contribution in [0.3, 0.4) is 0 Å². The first-order chi connectivity index (χ1) is 10.7. The summed E-state index contributed by atoms with van der Waals surface area (Å²) in [6, 6.07) is 9.71. The topological polar surface area (TPSA) is 38.2 Å². The maximum Gasteiger partial charge on any atom is 0.224 e. The van der Waals surface area contributed by atoms with E-state index in [1.54, 1.807) is 18.5 Å². The molecule has 1 aliphatic rings. The van der Waals surface area contributed by atoms with Crippen LogP contribution in [-0.2, 0) is 0 Å². The highest BCUT2D eigenvalue weighted by Gasteiger charge is 2.19. The molecule has 0 aliphatic heterocycles. The van der Waals surface area contributed by atoms with Crippen molar-refractivity contribution in [1.82, 2.24) is 9.97 Å². The summed E-state index contributed by atoms with van der Waals surface area (Å²) in [5, 5.41) is 0.688. The molecule has 5 heteroatoms. The van der Waals surface area contributed by atoms with Crippen LogP contribution < -0.4 is 9.64 Å². The number of aromatic nitrogens is 2. The van der Waals surface area contributed by atoms with Crippen molar-refractivity contribution in [2.24, 2.45) is 0 Å². The van der Waals surface area contributed by atoms with Crippen molar-refractivity contribution in [3.63, 3.8) is 0 Å². The van der Waals surface area contributed by atoms with E-state index in [1.807, 2.05) is 18.2 Å². The zero-order valence-corrected chi connectivity index (χ0v) is 13.5. The predicted molar refractivity (Wildman–Crippen MR) is 88.8 cm³/mol. The molecule has 2 aromatic rings. The summed E-state index contributed by atoms with van der Waals surface area (Å²) < 4.78 is 5.78. The number of halogens is 1. The largest absolute Gasteiger partial charge is 0.439 e. The van der Waals surface area contributed by atoms with E-state index in [1.165, 1.54) is 32.1 Å². The molecule has 4 nitrogen and oxygen atoms in total. The Morgan fingerprint density at radius 1 is 1.09 bits per heavy atom. The van der Waals surface area contributed by atoms with Gasteiger partial charge in [0.25, 0.3) is 0 Å². The molecule has 1 saturated carbocycles. The van der Waals surface area contributed by atoms with Crippen molar-refractivity contribution in [2.45, 2.75) is 38.1 Å². The first kappa shape index (κ1) is 15.1. The quantitative estimate of drug-likeness (QED) is 0.820. The van der Waals surface area contributed by atoms with Gasteiger partial charge in [-0.2, -0.15) is 0 Å². The van der Waals surface area contributed by atoms with Crippen LogP contribution in [0.15, 0.2) is 36.7 Å². The molecule has 1 fully saturated rings. The fourth-order valence-electron chi connectivity index (χ4n) is 2.86. The molecular weight excluding hydrogens is 298 g/mol. The van der Waals surface area contributed by atoms with Crippen LogP contribution in [0.1, 0.15) is 32.1 Å². The van der Waals surface area contributed by atoms with Gasteiger partial charge in [-0.15, -0.1) is 0 Å². The molecule has 1 aromatic heterocycles. The summed E-state index contributed by atoms with van der Waals surface area (Å²) in [4.78, 5) is 10.8. The Labute approximate surface area is 136 Å². The summed E-state index contributed by atoms with van der Waals surface area (Å²) in [5.74, 6) is 2.18. The third kappa shape index (κ3) is 3.69. The Balaban J connectivity index is 1.72. The number of hydrogen-bond donors (Lipinski definition) is 0. The predicted octanol–water partition coefficient (Wildman–Crippen LogP) is 4.69. The number of nitrogens with zero attached hydrogens (tertiary/aromatic N) is 3. The standard InChI is InChI=1S/C17H20ClN3O/c1-21(14-5-3-2-4-6-14)16-11-17(20-12-19-16)22-15-9-7-13(18)8-10-15/h7-12,14H,2-6H2,1H3. The van der Waals surface area contributed by atoms with Crippen LogP contribution in [-0.4, -0.2) is 23.1 Å². The van der Waals surface area contributed by atoms with E-state index < -0.39 is 0 Å². The monoisotopic (exact) mass is 317 g/mol. The first-order valence-corrected chi connectivity index (χ1v) is 8.08. The highest BCUT2D eigenvalue weighted by Crippen LogP contribution is 2.27.